The molecule has 0 amide bonds. The number of hydrogen-bond donors (Lipinski definition) is 2. The molecule has 1 aromatic carbocycles. The van der Waals surface area contributed by atoms with Gasteiger partial charge in [-0.25, -0.2) is 0 Å². The van der Waals surface area contributed by atoms with E-state index in [0.717, 1.165) is 22.0 Å². The number of aryl methyl sites for hydroxylation is 1. The van der Waals surface area contributed by atoms with Gasteiger partial charge in [0.25, 0.3) is 0 Å². The number of rotatable bonds is 2. The van der Waals surface area contributed by atoms with Crippen molar-refractivity contribution < 1.29 is 9.90 Å². The van der Waals surface area contributed by atoms with Crippen molar-refractivity contribution in [3.8, 4) is 0 Å². The maximum atomic E-state index is 11.3. The Balaban J connectivity index is 2.76. The number of carboxylic acids is 1. The molecule has 0 saturated heterocycles. The third-order valence-corrected chi connectivity index (χ3v) is 3.12. The van der Waals surface area contributed by atoms with Gasteiger partial charge in [-0.2, -0.15) is 0 Å². The van der Waals surface area contributed by atoms with Crippen molar-refractivity contribution in [3.05, 3.63) is 35.5 Å². The van der Waals surface area contributed by atoms with Gasteiger partial charge in [0.1, 0.15) is 0 Å². The minimum absolute atomic E-state index is 0.809. The van der Waals surface area contributed by atoms with Crippen molar-refractivity contribution in [2.45, 2.75) is 26.2 Å². The molecule has 0 atom stereocenters. The molecule has 1 aromatic heterocycles. The standard InChI is InChI=1S/C13H15NO2/c1-8-5-4-6-10-11(8)9(7-14-10)13(2,3)12(15)16/h4-7,14H,1-3H3,(H,15,16). The van der Waals surface area contributed by atoms with Crippen LogP contribution in [0.5, 0.6) is 0 Å². The molecule has 0 bridgehead atoms. The number of aromatic nitrogens is 1. The zero-order valence-corrected chi connectivity index (χ0v) is 9.66. The molecular formula is C13H15NO2. The van der Waals surface area contributed by atoms with E-state index >= 15 is 0 Å². The van der Waals surface area contributed by atoms with E-state index in [2.05, 4.69) is 4.98 Å². The first kappa shape index (κ1) is 10.7. The SMILES string of the molecule is Cc1cccc2[nH]cc(C(C)(C)C(=O)O)c12. The molecule has 1 heterocycles. The molecule has 2 N–H and O–H groups in total. The summed E-state index contributed by atoms with van der Waals surface area (Å²) in [5.41, 5.74) is 2.06. The number of carbonyl (C=O) groups is 1. The molecule has 16 heavy (non-hydrogen) atoms. The molecule has 84 valence electrons. The number of aliphatic carboxylic acids is 1. The molecular weight excluding hydrogens is 202 g/mol. The zero-order chi connectivity index (χ0) is 11.9. The van der Waals surface area contributed by atoms with E-state index in [1.165, 1.54) is 0 Å². The lowest BCUT2D eigenvalue weighted by atomic mass is 9.84. The van der Waals surface area contributed by atoms with Gasteiger partial charge in [-0.05, 0) is 38.0 Å². The summed E-state index contributed by atoms with van der Waals surface area (Å²) in [5, 5.41) is 10.3. The Morgan fingerprint density at radius 3 is 2.69 bits per heavy atom. The highest BCUT2D eigenvalue weighted by Gasteiger charge is 2.32. The van der Waals surface area contributed by atoms with Crippen molar-refractivity contribution in [2.24, 2.45) is 0 Å². The first-order valence-electron chi connectivity index (χ1n) is 5.25. The van der Waals surface area contributed by atoms with Crippen molar-refractivity contribution in [1.29, 1.82) is 0 Å². The molecule has 3 heteroatoms. The van der Waals surface area contributed by atoms with Gasteiger partial charge in [-0.15, -0.1) is 0 Å². The zero-order valence-electron chi connectivity index (χ0n) is 9.66. The molecule has 0 aliphatic rings. The Kier molecular flexibility index (Phi) is 2.26. The van der Waals surface area contributed by atoms with Crippen LogP contribution in [-0.2, 0) is 10.2 Å². The third-order valence-electron chi connectivity index (χ3n) is 3.12. The first-order chi connectivity index (χ1) is 7.44. The third kappa shape index (κ3) is 1.40. The van der Waals surface area contributed by atoms with Gasteiger partial charge in [0.15, 0.2) is 0 Å². The van der Waals surface area contributed by atoms with Crippen LogP contribution in [0.1, 0.15) is 25.0 Å². The average molecular weight is 217 g/mol. The van der Waals surface area contributed by atoms with Crippen LogP contribution in [0.4, 0.5) is 0 Å². The number of aromatic amines is 1. The lowest BCUT2D eigenvalue weighted by molar-refractivity contribution is -0.142. The summed E-state index contributed by atoms with van der Waals surface area (Å²) >= 11 is 0. The van der Waals surface area contributed by atoms with Crippen LogP contribution in [-0.4, -0.2) is 16.1 Å². The summed E-state index contributed by atoms with van der Waals surface area (Å²) < 4.78 is 0. The summed E-state index contributed by atoms with van der Waals surface area (Å²) in [5.74, 6) is -0.809. The van der Waals surface area contributed by atoms with Crippen LogP contribution >= 0.6 is 0 Å². The topological polar surface area (TPSA) is 53.1 Å². The second-order valence-corrected chi connectivity index (χ2v) is 4.63. The van der Waals surface area contributed by atoms with Gasteiger partial charge < -0.3 is 10.1 Å². The number of fused-ring (bicyclic) bond motifs is 1. The highest BCUT2D eigenvalue weighted by atomic mass is 16.4. The largest absolute Gasteiger partial charge is 0.481 e. The Morgan fingerprint density at radius 1 is 1.38 bits per heavy atom. The van der Waals surface area contributed by atoms with Crippen LogP contribution in [0.2, 0.25) is 0 Å². The van der Waals surface area contributed by atoms with E-state index in [0.29, 0.717) is 0 Å². The molecule has 0 radical (unpaired) electrons. The predicted octanol–water partition coefficient (Wildman–Crippen LogP) is 2.84. The minimum Gasteiger partial charge on any atom is -0.481 e. The Labute approximate surface area is 94.1 Å². The fourth-order valence-corrected chi connectivity index (χ4v) is 1.98. The highest BCUT2D eigenvalue weighted by Crippen LogP contribution is 2.32. The number of carboxylic acid groups (broad SMARTS) is 1. The number of nitrogens with one attached hydrogen (secondary N) is 1. The first-order valence-corrected chi connectivity index (χ1v) is 5.25. The molecule has 2 rings (SSSR count). The molecule has 0 aliphatic carbocycles. The Bertz CT molecular complexity index is 552. The molecule has 0 fully saturated rings. The van der Waals surface area contributed by atoms with Gasteiger partial charge in [-0.3, -0.25) is 4.79 Å². The quantitative estimate of drug-likeness (QED) is 0.812. The van der Waals surface area contributed by atoms with E-state index in [9.17, 15) is 9.90 Å². The lowest BCUT2D eigenvalue weighted by Gasteiger charge is -2.19. The van der Waals surface area contributed by atoms with Gasteiger partial charge in [0.2, 0.25) is 0 Å². The van der Waals surface area contributed by atoms with Crippen molar-refractivity contribution >= 4 is 16.9 Å². The summed E-state index contributed by atoms with van der Waals surface area (Å²) in [4.78, 5) is 14.4. The monoisotopic (exact) mass is 217 g/mol. The summed E-state index contributed by atoms with van der Waals surface area (Å²) in [6.45, 7) is 5.45. The van der Waals surface area contributed by atoms with E-state index in [-0.39, 0.29) is 0 Å². The molecule has 2 aromatic rings. The van der Waals surface area contributed by atoms with Crippen LogP contribution in [0.15, 0.2) is 24.4 Å². The maximum Gasteiger partial charge on any atom is 0.313 e. The van der Waals surface area contributed by atoms with Crippen LogP contribution in [0.25, 0.3) is 10.9 Å². The highest BCUT2D eigenvalue weighted by molar-refractivity contribution is 5.93. The van der Waals surface area contributed by atoms with Crippen molar-refractivity contribution in [3.63, 3.8) is 0 Å². The summed E-state index contributed by atoms with van der Waals surface area (Å²) in [7, 11) is 0. The lowest BCUT2D eigenvalue weighted by Crippen LogP contribution is -2.28. The number of H-pyrrole nitrogens is 1. The maximum absolute atomic E-state index is 11.3. The second-order valence-electron chi connectivity index (χ2n) is 4.63. The fraction of sp³-hybridized carbons (Fsp3) is 0.308. The molecule has 3 nitrogen and oxygen atoms in total. The predicted molar refractivity (Wildman–Crippen MR) is 63.7 cm³/mol. The summed E-state index contributed by atoms with van der Waals surface area (Å²) in [6, 6.07) is 5.92. The van der Waals surface area contributed by atoms with Gasteiger partial charge in [0.05, 0.1) is 5.41 Å². The fourth-order valence-electron chi connectivity index (χ4n) is 1.98. The van der Waals surface area contributed by atoms with E-state index in [1.54, 1.807) is 20.0 Å². The minimum atomic E-state index is -0.871. The van der Waals surface area contributed by atoms with Gasteiger partial charge in [-0.1, -0.05) is 12.1 Å². The van der Waals surface area contributed by atoms with Gasteiger partial charge in [0, 0.05) is 17.1 Å². The van der Waals surface area contributed by atoms with E-state index < -0.39 is 11.4 Å². The smallest absolute Gasteiger partial charge is 0.313 e. The van der Waals surface area contributed by atoms with Gasteiger partial charge >= 0.3 is 5.97 Å². The van der Waals surface area contributed by atoms with E-state index in [1.807, 2.05) is 25.1 Å². The van der Waals surface area contributed by atoms with Crippen molar-refractivity contribution in [1.82, 2.24) is 4.98 Å². The molecule has 0 saturated carbocycles. The van der Waals surface area contributed by atoms with Crippen LogP contribution in [0.3, 0.4) is 0 Å². The molecule has 0 unspecified atom stereocenters. The molecule has 0 aliphatic heterocycles. The summed E-state index contributed by atoms with van der Waals surface area (Å²) in [6.07, 6.45) is 1.80. The normalized spacial score (nSPS) is 11.9. The Morgan fingerprint density at radius 2 is 2.06 bits per heavy atom. The number of benzene rings is 1. The van der Waals surface area contributed by atoms with E-state index in [4.69, 9.17) is 0 Å². The number of hydrogen-bond acceptors (Lipinski definition) is 1. The van der Waals surface area contributed by atoms with Crippen molar-refractivity contribution in [2.75, 3.05) is 0 Å². The van der Waals surface area contributed by atoms with Crippen LogP contribution in [0, 0.1) is 6.92 Å². The molecule has 0 spiro atoms. The van der Waals surface area contributed by atoms with Crippen LogP contribution < -0.4 is 0 Å². The average Bonchev–Trinajstić information content (AvgIpc) is 2.63. The second kappa shape index (κ2) is 3.37. The Hall–Kier alpha value is -1.77.